The standard InChI is InChI=1S/6C15H18N/c1-11-7-5-9-14(13(11)3)15-12(2)8-6-10-16(15)4;1-11-7-5-8-12(2)14(11)15-13(3)9-6-10-16(15)4;2*1-11-7-8-12(2)14(10-11)15-13(3)6-5-9-16(15)4;2*1-11-7-8-14(13(3)10-11)15-12(2)6-5-9-16(15)4/h6*5-10H,1-4H3/q6*+1/i;;;;1D3;. The molecule has 0 aliphatic heterocycles. The third-order valence-electron chi connectivity index (χ3n) is 18.3. The van der Waals surface area contributed by atoms with E-state index in [0.717, 1.165) is 16.8 Å². The highest BCUT2D eigenvalue weighted by molar-refractivity contribution is 5.70. The predicted molar refractivity (Wildman–Crippen MR) is 404 cm³/mol. The number of hydrogen-bond acceptors (Lipinski definition) is 0. The van der Waals surface area contributed by atoms with Crippen molar-refractivity contribution in [1.29, 1.82) is 0 Å². The van der Waals surface area contributed by atoms with Crippen LogP contribution < -0.4 is 27.4 Å². The van der Waals surface area contributed by atoms with Gasteiger partial charge in [0, 0.05) is 102 Å². The summed E-state index contributed by atoms with van der Waals surface area (Å²) in [5.74, 6) is 0. The Hall–Kier alpha value is -9.78. The molecular weight excluding hydrogens is 1170 g/mol. The summed E-state index contributed by atoms with van der Waals surface area (Å²) in [6.07, 6.45) is 12.5. The maximum absolute atomic E-state index is 7.46. The summed E-state index contributed by atoms with van der Waals surface area (Å²) in [4.78, 5) is 0. The summed E-state index contributed by atoms with van der Waals surface area (Å²) in [6, 6.07) is 63.5. The lowest BCUT2D eigenvalue weighted by molar-refractivity contribution is -0.660. The van der Waals surface area contributed by atoms with Gasteiger partial charge in [0.05, 0.1) is 5.56 Å². The van der Waals surface area contributed by atoms with Gasteiger partial charge in [0.25, 0.3) is 0 Å². The predicted octanol–water partition coefficient (Wildman–Crippen LogP) is 18.6. The Labute approximate surface area is 582 Å². The highest BCUT2D eigenvalue weighted by Crippen LogP contribution is 2.30. The van der Waals surface area contributed by atoms with E-state index in [0.29, 0.717) is 5.56 Å². The average Bonchev–Trinajstić information content (AvgIpc) is 0.881. The maximum Gasteiger partial charge on any atom is 0.215 e. The van der Waals surface area contributed by atoms with E-state index in [9.17, 15) is 0 Å². The van der Waals surface area contributed by atoms with E-state index in [-0.39, 0.29) is 0 Å². The first-order chi connectivity index (χ1) is 46.8. The Morgan fingerprint density at radius 2 is 0.479 bits per heavy atom. The van der Waals surface area contributed by atoms with E-state index < -0.39 is 6.85 Å². The molecule has 0 N–H and O–H groups in total. The minimum Gasteiger partial charge on any atom is -0.201 e. The molecule has 0 aliphatic rings. The Bertz CT molecular complexity index is 4460. The van der Waals surface area contributed by atoms with Crippen molar-refractivity contribution in [3.8, 4) is 67.5 Å². The fourth-order valence-electron chi connectivity index (χ4n) is 13.1. The van der Waals surface area contributed by atoms with Gasteiger partial charge in [0.15, 0.2) is 37.2 Å². The topological polar surface area (TPSA) is 23.3 Å². The number of aryl methyl sites for hydroxylation is 23. The van der Waals surface area contributed by atoms with Gasteiger partial charge in [0.2, 0.25) is 34.2 Å². The van der Waals surface area contributed by atoms with Crippen LogP contribution >= 0.6 is 0 Å². The third kappa shape index (κ3) is 18.4. The van der Waals surface area contributed by atoms with Gasteiger partial charge >= 0.3 is 0 Å². The number of aromatic nitrogens is 6. The molecule has 492 valence electrons. The smallest absolute Gasteiger partial charge is 0.201 e. The van der Waals surface area contributed by atoms with Crippen LogP contribution in [0.15, 0.2) is 219 Å². The van der Waals surface area contributed by atoms with Gasteiger partial charge in [-0.15, -0.1) is 0 Å². The summed E-state index contributed by atoms with van der Waals surface area (Å²) < 4.78 is 35.4. The van der Waals surface area contributed by atoms with Gasteiger partial charge in [-0.25, -0.2) is 27.4 Å². The van der Waals surface area contributed by atoms with Crippen molar-refractivity contribution in [3.63, 3.8) is 0 Å². The van der Waals surface area contributed by atoms with Crippen molar-refractivity contribution in [3.05, 3.63) is 319 Å². The zero-order valence-corrected chi connectivity index (χ0v) is 62.0. The lowest BCUT2D eigenvalue weighted by Crippen LogP contribution is -2.31. The van der Waals surface area contributed by atoms with Gasteiger partial charge in [-0.2, -0.15) is 0 Å². The molecule has 0 amide bonds. The minimum absolute atomic E-state index is 0.394. The number of pyridine rings is 6. The number of rotatable bonds is 6. The second kappa shape index (κ2) is 33.6. The van der Waals surface area contributed by atoms with Crippen LogP contribution in [-0.4, -0.2) is 0 Å². The first-order valence-electron chi connectivity index (χ1n) is 35.0. The van der Waals surface area contributed by atoms with Crippen molar-refractivity contribution in [1.82, 2.24) is 0 Å². The fraction of sp³-hybridized carbons (Fsp3) is 0.267. The van der Waals surface area contributed by atoms with E-state index in [1.807, 2.05) is 32.3 Å². The highest BCUT2D eigenvalue weighted by Gasteiger charge is 2.21. The molecule has 0 saturated carbocycles. The van der Waals surface area contributed by atoms with Crippen molar-refractivity contribution in [2.75, 3.05) is 0 Å². The van der Waals surface area contributed by atoms with Gasteiger partial charge in [0.1, 0.15) is 42.3 Å². The van der Waals surface area contributed by atoms with Gasteiger partial charge in [-0.3, -0.25) is 0 Å². The van der Waals surface area contributed by atoms with Crippen molar-refractivity contribution < 1.29 is 31.5 Å². The molecule has 6 heterocycles. The molecule has 6 heteroatoms. The van der Waals surface area contributed by atoms with E-state index in [2.05, 4.69) is 362 Å². The quantitative estimate of drug-likeness (QED) is 0.148. The Morgan fingerprint density at radius 3 is 0.823 bits per heavy atom. The molecule has 0 radical (unpaired) electrons. The number of benzene rings is 6. The van der Waals surface area contributed by atoms with Crippen LogP contribution in [0.3, 0.4) is 0 Å². The second-order valence-electron chi connectivity index (χ2n) is 26.4. The van der Waals surface area contributed by atoms with Crippen molar-refractivity contribution in [2.45, 2.75) is 125 Å². The van der Waals surface area contributed by atoms with Crippen LogP contribution in [0.2, 0.25) is 0 Å². The number of nitrogens with zero attached hydrogens (tertiary/aromatic N) is 6. The molecule has 12 aromatic rings. The van der Waals surface area contributed by atoms with E-state index >= 15 is 0 Å². The molecule has 96 heavy (non-hydrogen) atoms. The normalized spacial score (nSPS) is 11.1. The van der Waals surface area contributed by atoms with Gasteiger partial charge in [-0.1, -0.05) is 101 Å². The van der Waals surface area contributed by atoms with E-state index in [4.69, 9.17) is 4.11 Å². The minimum atomic E-state index is -2.04. The summed E-state index contributed by atoms with van der Waals surface area (Å²) >= 11 is 0. The summed E-state index contributed by atoms with van der Waals surface area (Å²) in [7, 11) is 12.5. The molecule has 6 nitrogen and oxygen atoms in total. The molecule has 0 atom stereocenters. The van der Waals surface area contributed by atoms with Crippen LogP contribution in [0.5, 0.6) is 0 Å². The highest BCUT2D eigenvalue weighted by atomic mass is 14.9. The first kappa shape index (κ1) is 69.1. The Balaban J connectivity index is 0.000000167. The molecule has 0 unspecified atom stereocenters. The van der Waals surface area contributed by atoms with Crippen LogP contribution in [-0.2, 0) is 42.3 Å². The summed E-state index contributed by atoms with van der Waals surface area (Å²) in [5.41, 5.74) is 37.9. The second-order valence-corrected chi connectivity index (χ2v) is 26.4. The molecule has 0 saturated heterocycles. The molecule has 0 spiro atoms. The average molecular weight is 1280 g/mol. The van der Waals surface area contributed by atoms with Crippen molar-refractivity contribution >= 4 is 0 Å². The number of hydrogen-bond donors (Lipinski definition) is 0. The van der Waals surface area contributed by atoms with Gasteiger partial charge < -0.3 is 0 Å². The van der Waals surface area contributed by atoms with E-state index in [1.165, 1.54) is 145 Å². The molecule has 0 bridgehead atoms. The van der Waals surface area contributed by atoms with E-state index in [1.54, 1.807) is 12.1 Å². The summed E-state index contributed by atoms with van der Waals surface area (Å²) in [6.45, 7) is 34.4. The largest absolute Gasteiger partial charge is 0.215 e. The monoisotopic (exact) mass is 1280 g/mol. The van der Waals surface area contributed by atoms with Crippen LogP contribution in [0.1, 0.15) is 104 Å². The third-order valence-corrected chi connectivity index (χ3v) is 18.3. The lowest BCUT2D eigenvalue weighted by Gasteiger charge is -2.09. The van der Waals surface area contributed by atoms with Crippen LogP contribution in [0, 0.1) is 125 Å². The zero-order chi connectivity index (χ0) is 72.7. The molecule has 12 rings (SSSR count). The van der Waals surface area contributed by atoms with Crippen LogP contribution in [0.4, 0.5) is 0 Å². The van der Waals surface area contributed by atoms with Gasteiger partial charge in [-0.05, 0) is 236 Å². The Kier molecular flexibility index (Phi) is 24.1. The fourth-order valence-corrected chi connectivity index (χ4v) is 13.1. The molecule has 0 aliphatic carbocycles. The molecule has 6 aromatic carbocycles. The zero-order valence-electron chi connectivity index (χ0n) is 65.0. The lowest BCUT2D eigenvalue weighted by atomic mass is 9.97. The summed E-state index contributed by atoms with van der Waals surface area (Å²) in [5, 5.41) is 0. The SMILES string of the molecule is Cc1ccc(-c2c(C)ccc[n+]2C)c(C)c1.Cc1ccc(C)c(-c2c(C)ccc[n+]2C)c1.Cc1ccc(C)c(-c2c(C)ccc[n+]2C)c1.Cc1cccc(-c2c(C)ccc[n+]2C)c1C.Cc1cccc(C)c1-c1c(C)ccc[n+]1C.[2H]C([2H])([2H])c1ccc(-c2c(C)ccc[n+]2C)c(C)c1. The molecule has 0 fully saturated rings. The van der Waals surface area contributed by atoms with Crippen molar-refractivity contribution in [2.24, 2.45) is 42.3 Å². The Morgan fingerprint density at radius 1 is 0.208 bits per heavy atom. The first-order valence-corrected chi connectivity index (χ1v) is 33.5. The maximum atomic E-state index is 7.46. The van der Waals surface area contributed by atoms with Crippen LogP contribution in [0.25, 0.3) is 67.5 Å². The molecular formula is C90H108N6+6. The molecule has 6 aromatic heterocycles.